The summed E-state index contributed by atoms with van der Waals surface area (Å²) in [6.07, 6.45) is 4.69. The molecule has 9 heteroatoms. The summed E-state index contributed by atoms with van der Waals surface area (Å²) in [6, 6.07) is 18.9. The number of rotatable bonds is 16. The number of esters is 2. The maximum Gasteiger partial charge on any atom is 0.344 e. The largest absolute Gasteiger partial charge is 0.494 e. The summed E-state index contributed by atoms with van der Waals surface area (Å²) in [7, 11) is 0. The highest BCUT2D eigenvalue weighted by Crippen LogP contribution is 2.23. The first-order chi connectivity index (χ1) is 19.9. The number of benzene rings is 3. The molecule has 3 rings (SSSR count). The molecule has 0 saturated carbocycles. The second kappa shape index (κ2) is 16.7. The molecule has 0 saturated heterocycles. The molecule has 0 radical (unpaired) electrons. The van der Waals surface area contributed by atoms with E-state index in [1.807, 2.05) is 36.4 Å². The van der Waals surface area contributed by atoms with Crippen molar-refractivity contribution in [2.75, 3.05) is 33.0 Å². The van der Waals surface area contributed by atoms with Gasteiger partial charge in [0.05, 0.1) is 37.6 Å². The van der Waals surface area contributed by atoms with E-state index in [1.54, 1.807) is 32.1 Å². The van der Waals surface area contributed by atoms with Crippen LogP contribution in [-0.2, 0) is 14.3 Å². The van der Waals surface area contributed by atoms with Gasteiger partial charge in [-0.15, -0.1) is 0 Å². The van der Waals surface area contributed by atoms with Crippen molar-refractivity contribution in [3.8, 4) is 17.2 Å². The van der Waals surface area contributed by atoms with Crippen molar-refractivity contribution < 1.29 is 38.1 Å². The molecule has 0 unspecified atom stereocenters. The van der Waals surface area contributed by atoms with Crippen molar-refractivity contribution in [2.45, 2.75) is 26.7 Å². The molecule has 3 aromatic rings. The lowest BCUT2D eigenvalue weighted by molar-refractivity contribution is -0.145. The van der Waals surface area contributed by atoms with E-state index in [0.29, 0.717) is 24.0 Å². The second-order valence-electron chi connectivity index (χ2n) is 8.65. The van der Waals surface area contributed by atoms with E-state index in [4.69, 9.17) is 35.3 Å². The van der Waals surface area contributed by atoms with Gasteiger partial charge in [-0.25, -0.2) is 9.59 Å². The molecule has 0 bridgehead atoms. The van der Waals surface area contributed by atoms with Gasteiger partial charge in [-0.05, 0) is 92.9 Å². The fraction of sp³-hybridized carbons (Fsp3) is 0.281. The van der Waals surface area contributed by atoms with Gasteiger partial charge in [0.15, 0.2) is 12.4 Å². The molecule has 3 aromatic carbocycles. The third kappa shape index (κ3) is 10.7. The molecule has 0 aliphatic rings. The lowest BCUT2D eigenvalue weighted by Crippen LogP contribution is -2.16. The molecule has 41 heavy (non-hydrogen) atoms. The molecule has 216 valence electrons. The molecule has 0 heterocycles. The fourth-order valence-electron chi connectivity index (χ4n) is 3.58. The van der Waals surface area contributed by atoms with Crippen LogP contribution in [0.1, 0.15) is 53.0 Å². The van der Waals surface area contributed by atoms with Gasteiger partial charge in [-0.3, -0.25) is 4.79 Å². The number of unbranched alkanes of at least 4 members (excludes halogenated alkanes) is 1. The van der Waals surface area contributed by atoms with Crippen molar-refractivity contribution in [3.63, 3.8) is 0 Å². The maximum atomic E-state index is 13.1. The predicted octanol–water partition coefficient (Wildman–Crippen LogP) is 6.59. The van der Waals surface area contributed by atoms with E-state index in [0.717, 1.165) is 24.2 Å². The van der Waals surface area contributed by atoms with Crippen molar-refractivity contribution in [1.29, 1.82) is 0 Å². The normalized spacial score (nSPS) is 10.7. The van der Waals surface area contributed by atoms with Crippen LogP contribution >= 0.6 is 11.6 Å². The number of carbonyl (C=O) groups is 3. The van der Waals surface area contributed by atoms with Crippen LogP contribution in [0.3, 0.4) is 0 Å². The minimum absolute atomic E-state index is 0.121. The van der Waals surface area contributed by atoms with Crippen LogP contribution in [0, 0.1) is 0 Å². The van der Waals surface area contributed by atoms with E-state index in [2.05, 4.69) is 0 Å². The first kappa shape index (κ1) is 31.2. The summed E-state index contributed by atoms with van der Waals surface area (Å²) < 4.78 is 26.9. The van der Waals surface area contributed by atoms with Crippen LogP contribution in [-0.4, -0.2) is 50.8 Å². The van der Waals surface area contributed by atoms with Crippen LogP contribution in [0.4, 0.5) is 0 Å². The molecule has 0 amide bonds. The number of allylic oxidation sites excluding steroid dienone is 1. The number of carbonyl (C=O) groups excluding carboxylic acids is 3. The number of ketones is 1. The van der Waals surface area contributed by atoms with Crippen LogP contribution in [0.15, 0.2) is 72.8 Å². The first-order valence-electron chi connectivity index (χ1n) is 13.3. The van der Waals surface area contributed by atoms with Gasteiger partial charge in [0.25, 0.3) is 0 Å². The Bertz CT molecular complexity index is 1320. The molecule has 0 aromatic heterocycles. The first-order valence-corrected chi connectivity index (χ1v) is 13.7. The van der Waals surface area contributed by atoms with Crippen LogP contribution < -0.4 is 14.2 Å². The number of ether oxygens (including phenoxy) is 5. The van der Waals surface area contributed by atoms with Crippen LogP contribution in [0.2, 0.25) is 5.02 Å². The Morgan fingerprint density at radius 1 is 0.756 bits per heavy atom. The van der Waals surface area contributed by atoms with Gasteiger partial charge >= 0.3 is 11.9 Å². The Kier molecular flexibility index (Phi) is 12.7. The van der Waals surface area contributed by atoms with Gasteiger partial charge in [-0.2, -0.15) is 0 Å². The zero-order valence-electron chi connectivity index (χ0n) is 23.1. The minimum atomic E-state index is -0.565. The minimum Gasteiger partial charge on any atom is -0.494 e. The summed E-state index contributed by atoms with van der Waals surface area (Å²) in [5, 5.41) is 0.672. The lowest BCUT2D eigenvalue weighted by Gasteiger charge is -2.11. The van der Waals surface area contributed by atoms with E-state index < -0.39 is 17.7 Å². The molecule has 0 spiro atoms. The maximum absolute atomic E-state index is 13.1. The molecular formula is C32H33ClO8. The van der Waals surface area contributed by atoms with E-state index >= 15 is 0 Å². The fourth-order valence-corrected chi connectivity index (χ4v) is 3.71. The molecule has 0 aliphatic heterocycles. The Labute approximate surface area is 244 Å². The summed E-state index contributed by atoms with van der Waals surface area (Å²) in [5.41, 5.74) is 1.10. The van der Waals surface area contributed by atoms with Crippen molar-refractivity contribution in [2.24, 2.45) is 0 Å². The van der Waals surface area contributed by atoms with Gasteiger partial charge < -0.3 is 23.7 Å². The number of hydrogen-bond acceptors (Lipinski definition) is 8. The highest BCUT2D eigenvalue weighted by atomic mass is 35.5. The Morgan fingerprint density at radius 2 is 1.37 bits per heavy atom. The van der Waals surface area contributed by atoms with Gasteiger partial charge in [0.1, 0.15) is 17.2 Å². The summed E-state index contributed by atoms with van der Waals surface area (Å²) in [6.45, 7) is 4.55. The number of hydrogen-bond donors (Lipinski definition) is 0. The molecule has 8 nitrogen and oxygen atoms in total. The van der Waals surface area contributed by atoms with Gasteiger partial charge in [-0.1, -0.05) is 29.8 Å². The van der Waals surface area contributed by atoms with Crippen LogP contribution in [0.25, 0.3) is 6.08 Å². The quantitative estimate of drug-likeness (QED) is 0.0809. The molecular weight excluding hydrogens is 548 g/mol. The third-order valence-electron chi connectivity index (χ3n) is 5.60. The zero-order chi connectivity index (χ0) is 29.5. The predicted molar refractivity (Wildman–Crippen MR) is 156 cm³/mol. The average Bonchev–Trinajstić information content (AvgIpc) is 2.98. The van der Waals surface area contributed by atoms with E-state index in [9.17, 15) is 14.4 Å². The van der Waals surface area contributed by atoms with Crippen molar-refractivity contribution >= 4 is 35.4 Å². The number of halogens is 1. The highest BCUT2D eigenvalue weighted by Gasteiger charge is 2.17. The van der Waals surface area contributed by atoms with Gasteiger partial charge in [0.2, 0.25) is 0 Å². The Hall–Kier alpha value is -4.30. The standard InChI is InChI=1S/C32H33ClO8/c1-3-37-31(35)22-41-30-18-10-24(32(36)38-4-2)21-28(30)29(34)17-9-23-7-13-26(14-8-23)39-19-5-6-20-40-27-15-11-25(33)12-16-27/h7-18,21H,3-6,19-20,22H2,1-2H3/b17-9+. The summed E-state index contributed by atoms with van der Waals surface area (Å²) >= 11 is 5.87. The average molecular weight is 581 g/mol. The van der Waals surface area contributed by atoms with Crippen molar-refractivity contribution in [1.82, 2.24) is 0 Å². The van der Waals surface area contributed by atoms with E-state index in [-0.39, 0.29) is 36.7 Å². The van der Waals surface area contributed by atoms with Crippen molar-refractivity contribution in [3.05, 3.63) is 94.5 Å². The van der Waals surface area contributed by atoms with Crippen LogP contribution in [0.5, 0.6) is 17.2 Å². The highest BCUT2D eigenvalue weighted by molar-refractivity contribution is 6.30. The molecule has 0 N–H and O–H groups in total. The smallest absolute Gasteiger partial charge is 0.344 e. The zero-order valence-corrected chi connectivity index (χ0v) is 23.9. The molecule has 0 fully saturated rings. The monoisotopic (exact) mass is 580 g/mol. The molecule has 0 atom stereocenters. The molecule has 0 aliphatic carbocycles. The second-order valence-corrected chi connectivity index (χ2v) is 9.09. The van der Waals surface area contributed by atoms with E-state index in [1.165, 1.54) is 24.3 Å². The SMILES string of the molecule is CCOC(=O)COc1ccc(C(=O)OCC)cc1C(=O)/C=C/c1ccc(OCCCCOc2ccc(Cl)cc2)cc1. The topological polar surface area (TPSA) is 97.4 Å². The summed E-state index contributed by atoms with van der Waals surface area (Å²) in [4.78, 5) is 37.0. The Morgan fingerprint density at radius 3 is 1.98 bits per heavy atom. The Balaban J connectivity index is 1.54. The summed E-state index contributed by atoms with van der Waals surface area (Å²) in [5.74, 6) is 0.115. The lowest BCUT2D eigenvalue weighted by atomic mass is 10.0. The van der Waals surface area contributed by atoms with Gasteiger partial charge in [0, 0.05) is 5.02 Å². The third-order valence-corrected chi connectivity index (χ3v) is 5.86.